The van der Waals surface area contributed by atoms with E-state index in [2.05, 4.69) is 13.5 Å². The van der Waals surface area contributed by atoms with Crippen LogP contribution in [0.15, 0.2) is 12.2 Å². The molecule has 0 spiro atoms. The minimum Gasteiger partial charge on any atom is -0.393 e. The molecular weight excluding hydrogens is 172 g/mol. The Morgan fingerprint density at radius 2 is 2.00 bits per heavy atom. The minimum absolute atomic E-state index is 0.122. The van der Waals surface area contributed by atoms with Crippen LogP contribution in [0.1, 0.15) is 45.4 Å². The molecule has 14 heavy (non-hydrogen) atoms. The van der Waals surface area contributed by atoms with Crippen LogP contribution >= 0.6 is 0 Å². The number of hydrogen-bond donors (Lipinski definition) is 1. The molecule has 0 bridgehead atoms. The molecule has 2 aliphatic carbocycles. The Kier molecular flexibility index (Phi) is 2.96. The molecule has 0 aromatic rings. The molecule has 0 saturated heterocycles. The van der Waals surface area contributed by atoms with Crippen LogP contribution < -0.4 is 0 Å². The number of aliphatic hydroxyl groups excluding tert-OH is 1. The maximum absolute atomic E-state index is 9.82. The van der Waals surface area contributed by atoms with E-state index in [9.17, 15) is 5.11 Å². The summed E-state index contributed by atoms with van der Waals surface area (Å²) in [6.07, 6.45) is 7.14. The van der Waals surface area contributed by atoms with Crippen molar-refractivity contribution in [3.63, 3.8) is 0 Å². The monoisotopic (exact) mass is 194 g/mol. The van der Waals surface area contributed by atoms with Gasteiger partial charge >= 0.3 is 0 Å². The molecule has 2 saturated carbocycles. The minimum atomic E-state index is -0.122. The van der Waals surface area contributed by atoms with E-state index in [1.807, 2.05) is 0 Å². The summed E-state index contributed by atoms with van der Waals surface area (Å²) in [5, 5.41) is 9.82. The van der Waals surface area contributed by atoms with Crippen molar-refractivity contribution in [3.05, 3.63) is 12.2 Å². The number of fused-ring (bicyclic) bond motifs is 1. The van der Waals surface area contributed by atoms with E-state index in [-0.39, 0.29) is 6.10 Å². The average Bonchev–Trinajstić information content (AvgIpc) is 2.26. The molecule has 4 atom stereocenters. The Hall–Kier alpha value is -0.300. The van der Waals surface area contributed by atoms with E-state index in [4.69, 9.17) is 0 Å². The van der Waals surface area contributed by atoms with Gasteiger partial charge in [-0.25, -0.2) is 0 Å². The Morgan fingerprint density at radius 3 is 2.79 bits per heavy atom. The summed E-state index contributed by atoms with van der Waals surface area (Å²) in [7, 11) is 0. The predicted molar refractivity (Wildman–Crippen MR) is 59.0 cm³/mol. The van der Waals surface area contributed by atoms with Crippen LogP contribution in [0.2, 0.25) is 0 Å². The lowest BCUT2D eigenvalue weighted by Crippen LogP contribution is -2.24. The molecule has 0 aromatic heterocycles. The van der Waals surface area contributed by atoms with Crippen LogP contribution in [0, 0.1) is 17.8 Å². The van der Waals surface area contributed by atoms with Gasteiger partial charge < -0.3 is 5.11 Å². The molecule has 2 rings (SSSR count). The summed E-state index contributed by atoms with van der Waals surface area (Å²) in [6, 6.07) is 0. The normalized spacial score (nSPS) is 44.3. The molecule has 2 fully saturated rings. The van der Waals surface area contributed by atoms with Gasteiger partial charge in [-0.2, -0.15) is 0 Å². The molecule has 1 nitrogen and oxygen atoms in total. The van der Waals surface area contributed by atoms with Gasteiger partial charge in [0.15, 0.2) is 0 Å². The zero-order chi connectivity index (χ0) is 10.1. The molecular formula is C13H22O. The van der Waals surface area contributed by atoms with Gasteiger partial charge in [0.25, 0.3) is 0 Å². The molecule has 0 heterocycles. The standard InChI is InChI=1S/C13H22O/c1-9-7-11(14)8-10(2)13-6-4-3-5-12(9)13/h10-14H,1,3-8H2,2H3/t10-,11+,12-,13-/m1/s1. The van der Waals surface area contributed by atoms with Crippen molar-refractivity contribution in [3.8, 4) is 0 Å². The Balaban J connectivity index is 2.16. The summed E-state index contributed by atoms with van der Waals surface area (Å²) >= 11 is 0. The lowest BCUT2D eigenvalue weighted by atomic mass is 9.71. The van der Waals surface area contributed by atoms with Gasteiger partial charge in [-0.1, -0.05) is 31.9 Å². The van der Waals surface area contributed by atoms with E-state index in [1.54, 1.807) is 0 Å². The van der Waals surface area contributed by atoms with Crippen molar-refractivity contribution in [2.45, 2.75) is 51.6 Å². The van der Waals surface area contributed by atoms with E-state index >= 15 is 0 Å². The summed E-state index contributed by atoms with van der Waals surface area (Å²) in [4.78, 5) is 0. The second kappa shape index (κ2) is 4.06. The second-order valence-electron chi connectivity index (χ2n) is 5.28. The molecule has 1 N–H and O–H groups in total. The number of hydrogen-bond acceptors (Lipinski definition) is 1. The van der Waals surface area contributed by atoms with Crippen molar-refractivity contribution >= 4 is 0 Å². The maximum Gasteiger partial charge on any atom is 0.0580 e. The fourth-order valence-corrected chi connectivity index (χ4v) is 3.49. The Morgan fingerprint density at radius 1 is 1.29 bits per heavy atom. The van der Waals surface area contributed by atoms with Gasteiger partial charge in [-0.3, -0.25) is 0 Å². The molecule has 0 aromatic carbocycles. The Labute approximate surface area is 87.2 Å². The summed E-state index contributed by atoms with van der Waals surface area (Å²) in [5.41, 5.74) is 1.33. The van der Waals surface area contributed by atoms with Crippen LogP contribution in [0.4, 0.5) is 0 Å². The lowest BCUT2D eigenvalue weighted by molar-refractivity contribution is 0.131. The lowest BCUT2D eigenvalue weighted by Gasteiger charge is -2.34. The van der Waals surface area contributed by atoms with Crippen molar-refractivity contribution in [1.82, 2.24) is 0 Å². The SMILES string of the molecule is C=C1C[C@H](O)C[C@@H](C)[C@H]2CCCC[C@H]12. The zero-order valence-corrected chi connectivity index (χ0v) is 9.21. The fourth-order valence-electron chi connectivity index (χ4n) is 3.49. The summed E-state index contributed by atoms with van der Waals surface area (Å²) < 4.78 is 0. The molecule has 1 heteroatoms. The Bertz CT molecular complexity index is 221. The van der Waals surface area contributed by atoms with Crippen LogP contribution in [0.25, 0.3) is 0 Å². The maximum atomic E-state index is 9.82. The quantitative estimate of drug-likeness (QED) is 0.587. The first-order valence-corrected chi connectivity index (χ1v) is 6.04. The van der Waals surface area contributed by atoms with Crippen LogP contribution in [-0.2, 0) is 0 Å². The average molecular weight is 194 g/mol. The van der Waals surface area contributed by atoms with E-state index in [1.165, 1.54) is 31.3 Å². The highest BCUT2D eigenvalue weighted by Gasteiger charge is 2.35. The number of rotatable bonds is 0. The molecule has 0 amide bonds. The molecule has 0 unspecified atom stereocenters. The van der Waals surface area contributed by atoms with Gasteiger partial charge in [0.1, 0.15) is 0 Å². The van der Waals surface area contributed by atoms with Crippen LogP contribution in [-0.4, -0.2) is 11.2 Å². The van der Waals surface area contributed by atoms with Gasteiger partial charge in [0, 0.05) is 0 Å². The highest BCUT2D eigenvalue weighted by Crippen LogP contribution is 2.44. The summed E-state index contributed by atoms with van der Waals surface area (Å²) in [5.74, 6) is 2.22. The molecule has 2 aliphatic rings. The van der Waals surface area contributed by atoms with Gasteiger partial charge in [-0.15, -0.1) is 0 Å². The highest BCUT2D eigenvalue weighted by molar-refractivity contribution is 5.08. The third-order valence-corrected chi connectivity index (χ3v) is 4.22. The van der Waals surface area contributed by atoms with Gasteiger partial charge in [0.05, 0.1) is 6.10 Å². The van der Waals surface area contributed by atoms with Crippen LogP contribution in [0.3, 0.4) is 0 Å². The fraction of sp³-hybridized carbons (Fsp3) is 0.846. The third-order valence-electron chi connectivity index (χ3n) is 4.22. The first-order chi connectivity index (χ1) is 6.68. The number of aliphatic hydroxyl groups is 1. The summed E-state index contributed by atoms with van der Waals surface area (Å²) in [6.45, 7) is 6.49. The highest BCUT2D eigenvalue weighted by atomic mass is 16.3. The van der Waals surface area contributed by atoms with Gasteiger partial charge in [-0.05, 0) is 43.4 Å². The van der Waals surface area contributed by atoms with Gasteiger partial charge in [0.2, 0.25) is 0 Å². The zero-order valence-electron chi connectivity index (χ0n) is 9.21. The van der Waals surface area contributed by atoms with Crippen molar-refractivity contribution in [2.75, 3.05) is 0 Å². The predicted octanol–water partition coefficient (Wildman–Crippen LogP) is 3.14. The second-order valence-corrected chi connectivity index (χ2v) is 5.28. The van der Waals surface area contributed by atoms with Crippen molar-refractivity contribution in [1.29, 1.82) is 0 Å². The third kappa shape index (κ3) is 1.88. The largest absolute Gasteiger partial charge is 0.393 e. The molecule has 0 aliphatic heterocycles. The molecule has 80 valence electrons. The van der Waals surface area contributed by atoms with Crippen molar-refractivity contribution in [2.24, 2.45) is 17.8 Å². The first-order valence-electron chi connectivity index (χ1n) is 6.04. The first kappa shape index (κ1) is 10.2. The van der Waals surface area contributed by atoms with E-state index in [0.29, 0.717) is 5.92 Å². The topological polar surface area (TPSA) is 20.2 Å². The van der Waals surface area contributed by atoms with Crippen molar-refractivity contribution < 1.29 is 5.11 Å². The van der Waals surface area contributed by atoms with E-state index < -0.39 is 0 Å². The van der Waals surface area contributed by atoms with E-state index in [0.717, 1.165) is 24.7 Å². The smallest absolute Gasteiger partial charge is 0.0580 e. The molecule has 0 radical (unpaired) electrons. The van der Waals surface area contributed by atoms with Crippen LogP contribution in [0.5, 0.6) is 0 Å².